The lowest BCUT2D eigenvalue weighted by molar-refractivity contribution is -0.143. The van der Waals surface area contributed by atoms with Crippen molar-refractivity contribution in [3.05, 3.63) is 11.1 Å². The summed E-state index contributed by atoms with van der Waals surface area (Å²) in [4.78, 5) is 15.8. The molecule has 1 fully saturated rings. The second-order valence-corrected chi connectivity index (χ2v) is 7.18. The minimum atomic E-state index is -0.147. The quantitative estimate of drug-likeness (QED) is 0.746. The van der Waals surface area contributed by atoms with Gasteiger partial charge in [-0.05, 0) is 26.0 Å². The monoisotopic (exact) mass is 314 g/mol. The van der Waals surface area contributed by atoms with E-state index in [1.165, 1.54) is 19.3 Å². The van der Waals surface area contributed by atoms with Gasteiger partial charge in [-0.25, -0.2) is 4.98 Å². The van der Waals surface area contributed by atoms with Crippen molar-refractivity contribution in [1.82, 2.24) is 4.98 Å². The molecule has 1 heterocycles. The van der Waals surface area contributed by atoms with Crippen LogP contribution in [0.5, 0.6) is 0 Å². The van der Waals surface area contributed by atoms with Crippen LogP contribution in [0.1, 0.15) is 38.3 Å². The highest BCUT2D eigenvalue weighted by Gasteiger charge is 2.35. The first kappa shape index (κ1) is 15.6. The molecule has 0 aromatic carbocycles. The molecule has 0 spiro atoms. The first-order chi connectivity index (χ1) is 9.67. The van der Waals surface area contributed by atoms with Gasteiger partial charge in [-0.2, -0.15) is 11.8 Å². The number of aromatic nitrogens is 1. The molecule has 0 atom stereocenters. The number of thiazole rings is 1. The van der Waals surface area contributed by atoms with Crippen molar-refractivity contribution in [3.8, 4) is 0 Å². The number of aryl methyl sites for hydroxylation is 1. The third-order valence-electron chi connectivity index (χ3n) is 3.70. The van der Waals surface area contributed by atoms with E-state index in [1.807, 2.05) is 24.1 Å². The van der Waals surface area contributed by atoms with Crippen molar-refractivity contribution in [2.75, 3.05) is 24.7 Å². The van der Waals surface area contributed by atoms with E-state index in [1.54, 1.807) is 11.3 Å². The Morgan fingerprint density at radius 1 is 1.60 bits per heavy atom. The largest absolute Gasteiger partial charge is 0.466 e. The number of carbonyl (C=O) groups is 1. The van der Waals surface area contributed by atoms with Crippen LogP contribution in [0, 0.1) is 0 Å². The van der Waals surface area contributed by atoms with Gasteiger partial charge in [0.05, 0.1) is 18.7 Å². The third kappa shape index (κ3) is 4.12. The summed E-state index contributed by atoms with van der Waals surface area (Å²) in [6.45, 7) is 3.25. The fourth-order valence-electron chi connectivity index (χ4n) is 2.23. The number of esters is 1. The number of hydrogen-bond acceptors (Lipinski definition) is 6. The molecule has 112 valence electrons. The van der Waals surface area contributed by atoms with Crippen LogP contribution in [0.25, 0.3) is 0 Å². The summed E-state index contributed by atoms with van der Waals surface area (Å²) < 4.78 is 5.33. The average molecular weight is 314 g/mol. The fraction of sp³-hybridized carbons (Fsp3) is 0.714. The van der Waals surface area contributed by atoms with E-state index in [-0.39, 0.29) is 5.97 Å². The highest BCUT2D eigenvalue weighted by molar-refractivity contribution is 8.00. The lowest BCUT2D eigenvalue weighted by atomic mass is 9.84. The van der Waals surface area contributed by atoms with Gasteiger partial charge in [0.25, 0.3) is 0 Å². The summed E-state index contributed by atoms with van der Waals surface area (Å²) in [5, 5.41) is 6.43. The van der Waals surface area contributed by atoms with Gasteiger partial charge in [-0.15, -0.1) is 11.3 Å². The number of thioether (sulfide) groups is 1. The van der Waals surface area contributed by atoms with E-state index in [9.17, 15) is 4.79 Å². The predicted molar refractivity (Wildman–Crippen MR) is 85.7 cm³/mol. The smallest absolute Gasteiger partial charge is 0.306 e. The van der Waals surface area contributed by atoms with Gasteiger partial charge in [-0.3, -0.25) is 4.79 Å². The molecule has 0 amide bonds. The normalized spacial score (nSPS) is 16.5. The van der Waals surface area contributed by atoms with Crippen molar-refractivity contribution in [2.45, 2.75) is 43.8 Å². The van der Waals surface area contributed by atoms with Gasteiger partial charge in [0.15, 0.2) is 5.13 Å². The van der Waals surface area contributed by atoms with Crippen LogP contribution >= 0.6 is 23.1 Å². The van der Waals surface area contributed by atoms with Crippen LogP contribution < -0.4 is 5.32 Å². The molecule has 1 aromatic heterocycles. The lowest BCUT2D eigenvalue weighted by Crippen LogP contribution is -2.40. The molecule has 1 saturated carbocycles. The van der Waals surface area contributed by atoms with Crippen molar-refractivity contribution in [3.63, 3.8) is 0 Å². The number of ether oxygens (including phenoxy) is 1. The Balaban J connectivity index is 1.76. The summed E-state index contributed by atoms with van der Waals surface area (Å²) in [5.74, 6) is -0.147. The van der Waals surface area contributed by atoms with E-state index in [0.717, 1.165) is 17.4 Å². The molecule has 1 aliphatic carbocycles. The van der Waals surface area contributed by atoms with Crippen molar-refractivity contribution >= 4 is 34.2 Å². The molecule has 20 heavy (non-hydrogen) atoms. The maximum Gasteiger partial charge on any atom is 0.306 e. The molecule has 0 aliphatic heterocycles. The van der Waals surface area contributed by atoms with Crippen LogP contribution in [0.4, 0.5) is 5.13 Å². The first-order valence-corrected chi connectivity index (χ1v) is 9.17. The number of nitrogens with one attached hydrogen (secondary N) is 1. The SMILES string of the molecule is CCOC(=O)CCc1csc(NCC2(SC)CCC2)n1. The topological polar surface area (TPSA) is 51.2 Å². The van der Waals surface area contributed by atoms with Crippen molar-refractivity contribution < 1.29 is 9.53 Å². The summed E-state index contributed by atoms with van der Waals surface area (Å²) in [5.41, 5.74) is 0.970. The zero-order chi connectivity index (χ0) is 14.4. The standard InChI is InChI=1S/C14H22N2O2S2/c1-3-18-12(17)6-5-11-9-20-13(16-11)15-10-14(19-2)7-4-8-14/h9H,3-8,10H2,1-2H3,(H,15,16). The van der Waals surface area contributed by atoms with Crippen LogP contribution in [0.2, 0.25) is 0 Å². The Labute approximate surface area is 128 Å². The molecular formula is C14H22N2O2S2. The minimum absolute atomic E-state index is 0.147. The summed E-state index contributed by atoms with van der Waals surface area (Å²) in [7, 11) is 0. The lowest BCUT2D eigenvalue weighted by Gasteiger charge is -2.40. The molecule has 1 aromatic rings. The molecule has 4 nitrogen and oxygen atoms in total. The summed E-state index contributed by atoms with van der Waals surface area (Å²) in [6.07, 6.45) is 7.18. The van der Waals surface area contributed by atoms with Crippen LogP contribution in [0.3, 0.4) is 0 Å². The highest BCUT2D eigenvalue weighted by Crippen LogP contribution is 2.42. The molecule has 0 radical (unpaired) electrons. The number of carbonyl (C=O) groups excluding carboxylic acids is 1. The van der Waals surface area contributed by atoms with E-state index < -0.39 is 0 Å². The molecule has 1 aliphatic rings. The minimum Gasteiger partial charge on any atom is -0.466 e. The molecule has 0 unspecified atom stereocenters. The van der Waals surface area contributed by atoms with Crippen molar-refractivity contribution in [2.24, 2.45) is 0 Å². The Kier molecular flexibility index (Phi) is 5.72. The van der Waals surface area contributed by atoms with Crippen LogP contribution in [-0.2, 0) is 16.0 Å². The number of rotatable bonds is 8. The predicted octanol–water partition coefficient (Wildman–Crippen LogP) is 3.34. The van der Waals surface area contributed by atoms with Gasteiger partial charge >= 0.3 is 5.97 Å². The molecule has 0 bridgehead atoms. The van der Waals surface area contributed by atoms with Gasteiger partial charge in [0, 0.05) is 23.1 Å². The van der Waals surface area contributed by atoms with Gasteiger partial charge in [0.1, 0.15) is 0 Å². The van der Waals surface area contributed by atoms with E-state index >= 15 is 0 Å². The maximum atomic E-state index is 11.3. The Hall–Kier alpha value is -0.750. The van der Waals surface area contributed by atoms with Gasteiger partial charge < -0.3 is 10.1 Å². The maximum absolute atomic E-state index is 11.3. The summed E-state index contributed by atoms with van der Waals surface area (Å²) >= 11 is 3.57. The highest BCUT2D eigenvalue weighted by atomic mass is 32.2. The van der Waals surface area contributed by atoms with Gasteiger partial charge in [-0.1, -0.05) is 6.42 Å². The summed E-state index contributed by atoms with van der Waals surface area (Å²) in [6, 6.07) is 0. The second kappa shape index (κ2) is 7.31. The van der Waals surface area contributed by atoms with Gasteiger partial charge in [0.2, 0.25) is 0 Å². The zero-order valence-electron chi connectivity index (χ0n) is 12.1. The number of hydrogen-bond donors (Lipinski definition) is 1. The van der Waals surface area contributed by atoms with E-state index in [0.29, 0.717) is 24.2 Å². The van der Waals surface area contributed by atoms with E-state index in [2.05, 4.69) is 16.6 Å². The molecule has 0 saturated heterocycles. The Bertz CT molecular complexity index is 439. The average Bonchev–Trinajstić information content (AvgIpc) is 2.84. The second-order valence-electron chi connectivity index (χ2n) is 5.04. The molecule has 2 rings (SSSR count). The molecule has 1 N–H and O–H groups in total. The van der Waals surface area contributed by atoms with E-state index in [4.69, 9.17) is 4.74 Å². The van der Waals surface area contributed by atoms with Crippen molar-refractivity contribution in [1.29, 1.82) is 0 Å². The Morgan fingerprint density at radius 3 is 3.00 bits per heavy atom. The fourth-order valence-corrected chi connectivity index (χ4v) is 3.88. The third-order valence-corrected chi connectivity index (χ3v) is 5.97. The number of anilines is 1. The Morgan fingerprint density at radius 2 is 2.40 bits per heavy atom. The zero-order valence-corrected chi connectivity index (χ0v) is 13.7. The molecule has 6 heteroatoms. The molecular weight excluding hydrogens is 292 g/mol. The van der Waals surface area contributed by atoms with Crippen LogP contribution in [-0.4, -0.2) is 35.1 Å². The first-order valence-electron chi connectivity index (χ1n) is 7.06. The number of nitrogens with zero attached hydrogens (tertiary/aromatic N) is 1. The van der Waals surface area contributed by atoms with Crippen LogP contribution in [0.15, 0.2) is 5.38 Å².